The van der Waals surface area contributed by atoms with E-state index in [1.54, 1.807) is 13.3 Å². The van der Waals surface area contributed by atoms with E-state index in [4.69, 9.17) is 4.74 Å². The zero-order chi connectivity index (χ0) is 14.4. The maximum atomic E-state index is 5.29. The monoisotopic (exact) mass is 270 g/mol. The van der Waals surface area contributed by atoms with Gasteiger partial charge in [0.15, 0.2) is 0 Å². The molecule has 0 saturated heterocycles. The first kappa shape index (κ1) is 14.5. The highest BCUT2D eigenvalue weighted by molar-refractivity contribution is 5.38. The van der Waals surface area contributed by atoms with Crippen molar-refractivity contribution >= 4 is 0 Å². The van der Waals surface area contributed by atoms with E-state index in [0.717, 1.165) is 24.3 Å². The van der Waals surface area contributed by atoms with Crippen LogP contribution in [0.1, 0.15) is 36.6 Å². The van der Waals surface area contributed by atoms with Crippen LogP contribution in [0.3, 0.4) is 0 Å². The van der Waals surface area contributed by atoms with Crippen molar-refractivity contribution < 1.29 is 4.74 Å². The van der Waals surface area contributed by atoms with Crippen LogP contribution in [0.2, 0.25) is 0 Å². The highest BCUT2D eigenvalue weighted by Gasteiger charge is 2.16. The summed E-state index contributed by atoms with van der Waals surface area (Å²) in [6.07, 6.45) is 4.66. The molecule has 1 unspecified atom stereocenters. The van der Waals surface area contributed by atoms with Crippen molar-refractivity contribution in [2.24, 2.45) is 0 Å². The highest BCUT2D eigenvalue weighted by atomic mass is 16.5. The Hall–Kier alpha value is -1.87. The Morgan fingerprint density at radius 1 is 1.20 bits per heavy atom. The molecular weight excluding hydrogens is 248 g/mol. The van der Waals surface area contributed by atoms with Crippen molar-refractivity contribution in [3.8, 4) is 5.75 Å². The number of aryl methyl sites for hydroxylation is 1. The van der Waals surface area contributed by atoms with Crippen LogP contribution in [0.4, 0.5) is 0 Å². The third-order valence-electron chi connectivity index (χ3n) is 3.46. The van der Waals surface area contributed by atoms with Gasteiger partial charge in [-0.05, 0) is 35.7 Å². The molecule has 0 aliphatic rings. The van der Waals surface area contributed by atoms with E-state index in [2.05, 4.69) is 48.4 Å². The third-order valence-corrected chi connectivity index (χ3v) is 3.46. The van der Waals surface area contributed by atoms with Gasteiger partial charge in [0.1, 0.15) is 5.75 Å². The first-order valence-corrected chi connectivity index (χ1v) is 7.10. The van der Waals surface area contributed by atoms with Gasteiger partial charge in [-0.15, -0.1) is 0 Å². The van der Waals surface area contributed by atoms with Gasteiger partial charge in [0.05, 0.1) is 19.3 Å². The van der Waals surface area contributed by atoms with Crippen molar-refractivity contribution in [2.45, 2.75) is 26.3 Å². The minimum Gasteiger partial charge on any atom is -0.495 e. The van der Waals surface area contributed by atoms with Gasteiger partial charge >= 0.3 is 0 Å². The zero-order valence-corrected chi connectivity index (χ0v) is 12.4. The minimum atomic E-state index is 0.152. The van der Waals surface area contributed by atoms with Crippen molar-refractivity contribution in [3.63, 3.8) is 0 Å². The SMILES string of the molecule is CCNC(c1cncc(OC)c1)c1ccccc1CC. The molecular formula is C17H22N2O. The fourth-order valence-electron chi connectivity index (χ4n) is 2.45. The molecule has 0 aliphatic carbocycles. The molecule has 2 aromatic rings. The molecule has 0 amide bonds. The second-order valence-electron chi connectivity index (χ2n) is 4.70. The highest BCUT2D eigenvalue weighted by Crippen LogP contribution is 2.27. The van der Waals surface area contributed by atoms with Gasteiger partial charge in [-0.2, -0.15) is 0 Å². The summed E-state index contributed by atoms with van der Waals surface area (Å²) in [5, 5.41) is 3.55. The minimum absolute atomic E-state index is 0.152. The molecule has 3 heteroatoms. The lowest BCUT2D eigenvalue weighted by Crippen LogP contribution is -2.23. The number of hydrogen-bond acceptors (Lipinski definition) is 3. The fraction of sp³-hybridized carbons (Fsp3) is 0.353. The van der Waals surface area contributed by atoms with Crippen LogP contribution < -0.4 is 10.1 Å². The summed E-state index contributed by atoms with van der Waals surface area (Å²) in [6, 6.07) is 10.8. The largest absolute Gasteiger partial charge is 0.495 e. The Kier molecular flexibility index (Phi) is 5.13. The molecule has 0 radical (unpaired) electrons. The molecule has 1 atom stereocenters. The van der Waals surface area contributed by atoms with E-state index < -0.39 is 0 Å². The van der Waals surface area contributed by atoms with Crippen LogP contribution >= 0.6 is 0 Å². The molecule has 0 spiro atoms. The Bertz CT molecular complexity index is 554. The van der Waals surface area contributed by atoms with Gasteiger partial charge in [0.25, 0.3) is 0 Å². The lowest BCUT2D eigenvalue weighted by molar-refractivity contribution is 0.411. The maximum Gasteiger partial charge on any atom is 0.137 e. The van der Waals surface area contributed by atoms with Crippen LogP contribution in [0, 0.1) is 0 Å². The molecule has 106 valence electrons. The van der Waals surface area contributed by atoms with Crippen molar-refractivity contribution in [2.75, 3.05) is 13.7 Å². The average Bonchev–Trinajstić information content (AvgIpc) is 2.52. The lowest BCUT2D eigenvalue weighted by Gasteiger charge is -2.21. The molecule has 20 heavy (non-hydrogen) atoms. The van der Waals surface area contributed by atoms with Crippen molar-refractivity contribution in [1.29, 1.82) is 0 Å². The predicted molar refractivity (Wildman–Crippen MR) is 82.1 cm³/mol. The quantitative estimate of drug-likeness (QED) is 0.874. The van der Waals surface area contributed by atoms with E-state index in [9.17, 15) is 0 Å². The number of benzene rings is 1. The standard InChI is InChI=1S/C17H22N2O/c1-4-13-8-6-7-9-16(13)17(19-5-2)14-10-15(20-3)12-18-11-14/h6-12,17,19H,4-5H2,1-3H3. The van der Waals surface area contributed by atoms with Crippen LogP contribution in [0.5, 0.6) is 5.75 Å². The number of nitrogens with one attached hydrogen (secondary N) is 1. The first-order chi connectivity index (χ1) is 9.80. The molecule has 2 rings (SSSR count). The summed E-state index contributed by atoms with van der Waals surface area (Å²) in [7, 11) is 1.67. The molecule has 1 N–H and O–H groups in total. The predicted octanol–water partition coefficient (Wildman–Crippen LogP) is 3.35. The Morgan fingerprint density at radius 2 is 2.00 bits per heavy atom. The summed E-state index contributed by atoms with van der Waals surface area (Å²) in [5.74, 6) is 0.791. The molecule has 0 bridgehead atoms. The van der Waals surface area contributed by atoms with Gasteiger partial charge < -0.3 is 10.1 Å². The summed E-state index contributed by atoms with van der Waals surface area (Å²) < 4.78 is 5.29. The molecule has 0 saturated carbocycles. The number of ether oxygens (including phenoxy) is 1. The number of pyridine rings is 1. The summed E-state index contributed by atoms with van der Waals surface area (Å²) in [5.41, 5.74) is 3.81. The Labute approximate surface area is 121 Å². The molecule has 1 aromatic carbocycles. The van der Waals surface area contributed by atoms with Crippen molar-refractivity contribution in [3.05, 3.63) is 59.4 Å². The van der Waals surface area contributed by atoms with Gasteiger partial charge in [0, 0.05) is 6.20 Å². The number of methoxy groups -OCH3 is 1. The number of rotatable bonds is 6. The number of hydrogen-bond donors (Lipinski definition) is 1. The normalized spacial score (nSPS) is 12.2. The third kappa shape index (κ3) is 3.17. The molecule has 1 heterocycles. The Morgan fingerprint density at radius 3 is 2.70 bits per heavy atom. The smallest absolute Gasteiger partial charge is 0.137 e. The first-order valence-electron chi connectivity index (χ1n) is 7.10. The van der Waals surface area contributed by atoms with E-state index in [1.165, 1.54) is 11.1 Å². The van der Waals surface area contributed by atoms with Gasteiger partial charge in [-0.3, -0.25) is 4.98 Å². The van der Waals surface area contributed by atoms with Gasteiger partial charge in [0.2, 0.25) is 0 Å². The number of aromatic nitrogens is 1. The van der Waals surface area contributed by atoms with E-state index >= 15 is 0 Å². The number of nitrogens with zero attached hydrogens (tertiary/aromatic N) is 1. The topological polar surface area (TPSA) is 34.2 Å². The lowest BCUT2D eigenvalue weighted by atomic mass is 9.94. The van der Waals surface area contributed by atoms with Gasteiger partial charge in [-0.1, -0.05) is 38.1 Å². The summed E-state index contributed by atoms with van der Waals surface area (Å²) in [6.45, 7) is 5.21. The maximum absolute atomic E-state index is 5.29. The second-order valence-corrected chi connectivity index (χ2v) is 4.70. The van der Waals surface area contributed by atoms with Gasteiger partial charge in [-0.25, -0.2) is 0 Å². The van der Waals surface area contributed by atoms with Crippen LogP contribution in [-0.2, 0) is 6.42 Å². The van der Waals surface area contributed by atoms with Crippen LogP contribution in [0.25, 0.3) is 0 Å². The fourth-order valence-corrected chi connectivity index (χ4v) is 2.45. The molecule has 0 aliphatic heterocycles. The second kappa shape index (κ2) is 7.06. The summed E-state index contributed by atoms with van der Waals surface area (Å²) >= 11 is 0. The molecule has 3 nitrogen and oxygen atoms in total. The Balaban J connectivity index is 2.44. The molecule has 0 fully saturated rings. The summed E-state index contributed by atoms with van der Waals surface area (Å²) in [4.78, 5) is 4.27. The zero-order valence-electron chi connectivity index (χ0n) is 12.4. The van der Waals surface area contributed by atoms with E-state index in [0.29, 0.717) is 0 Å². The average molecular weight is 270 g/mol. The van der Waals surface area contributed by atoms with Crippen LogP contribution in [0.15, 0.2) is 42.7 Å². The molecule has 1 aromatic heterocycles. The van der Waals surface area contributed by atoms with Crippen molar-refractivity contribution in [1.82, 2.24) is 10.3 Å². The van der Waals surface area contributed by atoms with E-state index in [-0.39, 0.29) is 6.04 Å². The van der Waals surface area contributed by atoms with E-state index in [1.807, 2.05) is 12.3 Å². The van der Waals surface area contributed by atoms with Crippen LogP contribution in [-0.4, -0.2) is 18.6 Å².